The highest BCUT2D eigenvalue weighted by atomic mass is 127. The van der Waals surface area contributed by atoms with Gasteiger partial charge < -0.3 is 10.6 Å². The van der Waals surface area contributed by atoms with Gasteiger partial charge in [0.2, 0.25) is 10.0 Å². The molecule has 6 nitrogen and oxygen atoms in total. The highest BCUT2D eigenvalue weighted by Gasteiger charge is 2.07. The summed E-state index contributed by atoms with van der Waals surface area (Å²) in [7, 11) is -1.44. The zero-order chi connectivity index (χ0) is 17.3. The van der Waals surface area contributed by atoms with E-state index >= 15 is 0 Å². The summed E-state index contributed by atoms with van der Waals surface area (Å²) < 4.78 is 25.2. The first kappa shape index (κ1) is 23.1. The number of sulfonamides is 1. The largest absolute Gasteiger partial charge is 0.356 e. The smallest absolute Gasteiger partial charge is 0.211 e. The summed E-state index contributed by atoms with van der Waals surface area (Å²) in [5.41, 5.74) is 2.52. The molecule has 0 heterocycles. The molecular weight excluding hydrogens is 439 g/mol. The minimum absolute atomic E-state index is 0. The third-order valence-electron chi connectivity index (χ3n) is 3.57. The maximum absolute atomic E-state index is 11.3. The normalized spacial score (nSPS) is 13.1. The zero-order valence-electron chi connectivity index (χ0n) is 14.8. The summed E-state index contributed by atoms with van der Waals surface area (Å²) in [5, 5.41) is 6.35. The lowest BCUT2D eigenvalue weighted by Gasteiger charge is -2.16. The Labute approximate surface area is 163 Å². The highest BCUT2D eigenvalue weighted by molar-refractivity contribution is 14.0. The molecule has 1 unspecified atom stereocenters. The van der Waals surface area contributed by atoms with E-state index in [9.17, 15) is 8.42 Å². The minimum Gasteiger partial charge on any atom is -0.356 e. The fourth-order valence-electron chi connectivity index (χ4n) is 1.97. The molecule has 0 radical (unpaired) electrons. The molecule has 0 aliphatic rings. The molecule has 138 valence electrons. The lowest BCUT2D eigenvalue weighted by atomic mass is 10.0. The van der Waals surface area contributed by atoms with Gasteiger partial charge in [-0.1, -0.05) is 36.8 Å². The van der Waals surface area contributed by atoms with E-state index in [1.807, 2.05) is 0 Å². The van der Waals surface area contributed by atoms with E-state index in [1.165, 1.54) is 11.1 Å². The molecule has 24 heavy (non-hydrogen) atoms. The monoisotopic (exact) mass is 468 g/mol. The number of guanidine groups is 1. The molecule has 1 atom stereocenters. The predicted molar refractivity (Wildman–Crippen MR) is 112 cm³/mol. The van der Waals surface area contributed by atoms with E-state index in [-0.39, 0.29) is 29.7 Å². The van der Waals surface area contributed by atoms with Crippen molar-refractivity contribution in [2.75, 3.05) is 32.4 Å². The number of hydrogen-bond acceptors (Lipinski definition) is 3. The van der Waals surface area contributed by atoms with Gasteiger partial charge in [-0.05, 0) is 25.3 Å². The number of halogens is 1. The second-order valence-electron chi connectivity index (χ2n) is 5.49. The summed E-state index contributed by atoms with van der Waals surface area (Å²) in [6.45, 7) is 7.42. The number of aryl methyl sites for hydroxylation is 1. The lowest BCUT2D eigenvalue weighted by Crippen LogP contribution is -2.42. The Morgan fingerprint density at radius 2 is 1.79 bits per heavy atom. The summed E-state index contributed by atoms with van der Waals surface area (Å²) in [5.74, 6) is 1.11. The van der Waals surface area contributed by atoms with Crippen LogP contribution in [0.1, 0.15) is 30.9 Å². The maximum Gasteiger partial charge on any atom is 0.211 e. The molecule has 0 bridgehead atoms. The number of benzene rings is 1. The first-order valence-corrected chi connectivity index (χ1v) is 9.51. The van der Waals surface area contributed by atoms with Crippen molar-refractivity contribution in [1.82, 2.24) is 15.4 Å². The zero-order valence-corrected chi connectivity index (χ0v) is 17.9. The fraction of sp³-hybridized carbons (Fsp3) is 0.562. The van der Waals surface area contributed by atoms with E-state index in [0.717, 1.165) is 6.54 Å². The van der Waals surface area contributed by atoms with Crippen LogP contribution in [0.5, 0.6) is 0 Å². The van der Waals surface area contributed by atoms with Crippen LogP contribution in [0.2, 0.25) is 0 Å². The van der Waals surface area contributed by atoms with Gasteiger partial charge in [-0.2, -0.15) is 0 Å². The standard InChI is InChI=1S/C16H28N4O2S.HI/c1-5-23(21,22)20-11-10-18-16(17-4)19-12-14(3)15-8-6-13(2)7-9-15;/h6-9,14,20H,5,10-12H2,1-4H3,(H2,17,18,19);1H. The first-order chi connectivity index (χ1) is 10.9. The van der Waals surface area contributed by atoms with Gasteiger partial charge in [0.1, 0.15) is 0 Å². The van der Waals surface area contributed by atoms with E-state index in [0.29, 0.717) is 25.0 Å². The molecule has 0 saturated carbocycles. The van der Waals surface area contributed by atoms with Crippen molar-refractivity contribution < 1.29 is 8.42 Å². The van der Waals surface area contributed by atoms with Crippen molar-refractivity contribution in [3.05, 3.63) is 35.4 Å². The van der Waals surface area contributed by atoms with Gasteiger partial charge in [0.05, 0.1) is 5.75 Å². The molecule has 1 aromatic carbocycles. The maximum atomic E-state index is 11.3. The van der Waals surface area contributed by atoms with Crippen molar-refractivity contribution in [2.45, 2.75) is 26.7 Å². The van der Waals surface area contributed by atoms with Crippen LogP contribution < -0.4 is 15.4 Å². The molecule has 3 N–H and O–H groups in total. The fourth-order valence-corrected chi connectivity index (χ4v) is 2.59. The molecule has 8 heteroatoms. The van der Waals surface area contributed by atoms with Crippen LogP contribution in [0.4, 0.5) is 0 Å². The average molecular weight is 468 g/mol. The van der Waals surface area contributed by atoms with Gasteiger partial charge in [0.25, 0.3) is 0 Å². The van der Waals surface area contributed by atoms with Crippen molar-refractivity contribution >= 4 is 40.0 Å². The summed E-state index contributed by atoms with van der Waals surface area (Å²) in [6.07, 6.45) is 0. The van der Waals surface area contributed by atoms with E-state index < -0.39 is 10.0 Å². The second-order valence-corrected chi connectivity index (χ2v) is 7.58. The first-order valence-electron chi connectivity index (χ1n) is 7.86. The SMILES string of the molecule is CCS(=O)(=O)NCCNC(=NC)NCC(C)c1ccc(C)cc1.I. The molecular formula is C16H29IN4O2S. The number of nitrogens with zero attached hydrogens (tertiary/aromatic N) is 1. The van der Waals surface area contributed by atoms with Crippen molar-refractivity contribution in [1.29, 1.82) is 0 Å². The molecule has 1 rings (SSSR count). The third kappa shape index (κ3) is 8.84. The molecule has 0 aliphatic carbocycles. The Bertz CT molecular complexity index is 603. The summed E-state index contributed by atoms with van der Waals surface area (Å²) >= 11 is 0. The van der Waals surface area contributed by atoms with Crippen molar-refractivity contribution in [3.8, 4) is 0 Å². The van der Waals surface area contributed by atoms with Crippen LogP contribution in [0.25, 0.3) is 0 Å². The Balaban J connectivity index is 0.00000529. The Morgan fingerprint density at radius 1 is 1.17 bits per heavy atom. The molecule has 0 saturated heterocycles. The van der Waals surface area contributed by atoms with Gasteiger partial charge in [0.15, 0.2) is 5.96 Å². The van der Waals surface area contributed by atoms with Crippen LogP contribution in [0.15, 0.2) is 29.3 Å². The van der Waals surface area contributed by atoms with Crippen molar-refractivity contribution in [3.63, 3.8) is 0 Å². The van der Waals surface area contributed by atoms with E-state index in [2.05, 4.69) is 58.5 Å². The molecule has 0 fully saturated rings. The molecule has 1 aromatic rings. The van der Waals surface area contributed by atoms with Gasteiger partial charge in [-0.25, -0.2) is 13.1 Å². The van der Waals surface area contributed by atoms with Crippen LogP contribution in [-0.2, 0) is 10.0 Å². The molecule has 0 spiro atoms. The lowest BCUT2D eigenvalue weighted by molar-refractivity contribution is 0.581. The average Bonchev–Trinajstić information content (AvgIpc) is 2.54. The van der Waals surface area contributed by atoms with Crippen LogP contribution in [0, 0.1) is 6.92 Å². The quantitative estimate of drug-likeness (QED) is 0.235. The van der Waals surface area contributed by atoms with Crippen LogP contribution in [0.3, 0.4) is 0 Å². The Morgan fingerprint density at radius 3 is 2.33 bits per heavy atom. The van der Waals surface area contributed by atoms with Gasteiger partial charge in [0, 0.05) is 26.7 Å². The van der Waals surface area contributed by atoms with Crippen molar-refractivity contribution in [2.24, 2.45) is 4.99 Å². The van der Waals surface area contributed by atoms with Gasteiger partial charge in [-0.15, -0.1) is 24.0 Å². The number of aliphatic imine (C=N–C) groups is 1. The Hall–Kier alpha value is -0.870. The number of nitrogens with one attached hydrogen (secondary N) is 3. The molecule has 0 amide bonds. The van der Waals surface area contributed by atoms with Crippen LogP contribution >= 0.6 is 24.0 Å². The third-order valence-corrected chi connectivity index (χ3v) is 4.97. The summed E-state index contributed by atoms with van der Waals surface area (Å²) in [6, 6.07) is 8.49. The highest BCUT2D eigenvalue weighted by Crippen LogP contribution is 2.14. The van der Waals surface area contributed by atoms with Crippen LogP contribution in [-0.4, -0.2) is 46.8 Å². The second kappa shape index (κ2) is 11.6. The van der Waals surface area contributed by atoms with Gasteiger partial charge in [-0.3, -0.25) is 4.99 Å². The van der Waals surface area contributed by atoms with E-state index in [1.54, 1.807) is 14.0 Å². The minimum atomic E-state index is -3.14. The summed E-state index contributed by atoms with van der Waals surface area (Å²) in [4.78, 5) is 4.14. The predicted octanol–water partition coefficient (Wildman–Crippen LogP) is 1.82. The molecule has 0 aromatic heterocycles. The van der Waals surface area contributed by atoms with Gasteiger partial charge >= 0.3 is 0 Å². The number of rotatable bonds is 8. The number of hydrogen-bond donors (Lipinski definition) is 3. The topological polar surface area (TPSA) is 82.6 Å². The Kier molecular flexibility index (Phi) is 11.2. The van der Waals surface area contributed by atoms with E-state index in [4.69, 9.17) is 0 Å². The molecule has 0 aliphatic heterocycles.